The van der Waals surface area contributed by atoms with Crippen LogP contribution in [0.1, 0.15) is 20.8 Å². The SMILES string of the molecule is N#CNC(=O)c1nc(Cl)ccc1C=O. The average molecular weight is 210 g/mol. The zero-order valence-corrected chi connectivity index (χ0v) is 7.58. The van der Waals surface area contributed by atoms with Crippen LogP contribution < -0.4 is 5.32 Å². The lowest BCUT2D eigenvalue weighted by Gasteiger charge is -2.00. The van der Waals surface area contributed by atoms with Gasteiger partial charge < -0.3 is 0 Å². The number of hydrogen-bond acceptors (Lipinski definition) is 4. The number of aromatic nitrogens is 1. The molecule has 1 amide bonds. The summed E-state index contributed by atoms with van der Waals surface area (Å²) in [4.78, 5) is 25.3. The van der Waals surface area contributed by atoms with Crippen LogP contribution in [0.5, 0.6) is 0 Å². The maximum absolute atomic E-state index is 11.2. The van der Waals surface area contributed by atoms with E-state index in [0.29, 0.717) is 6.29 Å². The number of nitriles is 1. The zero-order chi connectivity index (χ0) is 10.6. The van der Waals surface area contributed by atoms with E-state index in [9.17, 15) is 9.59 Å². The molecule has 1 rings (SSSR count). The van der Waals surface area contributed by atoms with E-state index >= 15 is 0 Å². The summed E-state index contributed by atoms with van der Waals surface area (Å²) in [6.45, 7) is 0. The topological polar surface area (TPSA) is 82.8 Å². The van der Waals surface area contributed by atoms with Crippen molar-refractivity contribution in [2.75, 3.05) is 0 Å². The molecule has 0 saturated carbocycles. The molecule has 1 aromatic rings. The smallest absolute Gasteiger partial charge is 0.283 e. The Morgan fingerprint density at radius 1 is 1.64 bits per heavy atom. The molecule has 14 heavy (non-hydrogen) atoms. The van der Waals surface area contributed by atoms with Crippen molar-refractivity contribution in [3.63, 3.8) is 0 Å². The molecule has 0 unspecified atom stereocenters. The van der Waals surface area contributed by atoms with E-state index < -0.39 is 5.91 Å². The first-order valence-corrected chi connectivity index (χ1v) is 3.88. The third-order valence-electron chi connectivity index (χ3n) is 1.40. The summed E-state index contributed by atoms with van der Waals surface area (Å²) in [6.07, 6.45) is 1.91. The van der Waals surface area contributed by atoms with Gasteiger partial charge in [-0.05, 0) is 12.1 Å². The Bertz CT molecular complexity index is 425. The molecule has 0 radical (unpaired) electrons. The third kappa shape index (κ3) is 2.06. The van der Waals surface area contributed by atoms with Gasteiger partial charge in [0.15, 0.2) is 12.5 Å². The monoisotopic (exact) mass is 209 g/mol. The van der Waals surface area contributed by atoms with Gasteiger partial charge in [-0.25, -0.2) is 4.98 Å². The molecule has 0 saturated heterocycles. The minimum Gasteiger partial charge on any atom is -0.298 e. The van der Waals surface area contributed by atoms with Crippen LogP contribution in [-0.4, -0.2) is 17.2 Å². The second kappa shape index (κ2) is 4.35. The molecule has 0 spiro atoms. The van der Waals surface area contributed by atoms with Crippen LogP contribution in [0.25, 0.3) is 0 Å². The number of carbonyl (C=O) groups is 2. The van der Waals surface area contributed by atoms with Crippen molar-refractivity contribution in [1.82, 2.24) is 10.3 Å². The lowest BCUT2D eigenvalue weighted by molar-refractivity contribution is 0.0961. The highest BCUT2D eigenvalue weighted by Gasteiger charge is 2.12. The Morgan fingerprint density at radius 3 is 2.93 bits per heavy atom. The summed E-state index contributed by atoms with van der Waals surface area (Å²) < 4.78 is 0. The molecule has 0 aliphatic rings. The fraction of sp³-hybridized carbons (Fsp3) is 0. The number of halogens is 1. The molecule has 5 nitrogen and oxygen atoms in total. The number of nitrogens with one attached hydrogen (secondary N) is 1. The lowest BCUT2D eigenvalue weighted by atomic mass is 10.2. The van der Waals surface area contributed by atoms with Gasteiger partial charge in [-0.1, -0.05) is 11.6 Å². The van der Waals surface area contributed by atoms with E-state index in [-0.39, 0.29) is 16.4 Å². The quantitative estimate of drug-likeness (QED) is 0.337. The molecule has 0 atom stereocenters. The van der Waals surface area contributed by atoms with Gasteiger partial charge in [0.05, 0.1) is 0 Å². The maximum Gasteiger partial charge on any atom is 0.283 e. The van der Waals surface area contributed by atoms with Crippen LogP contribution in [0.3, 0.4) is 0 Å². The Balaban J connectivity index is 3.18. The van der Waals surface area contributed by atoms with Gasteiger partial charge in [0.1, 0.15) is 10.8 Å². The largest absolute Gasteiger partial charge is 0.298 e. The average Bonchev–Trinajstić information content (AvgIpc) is 2.18. The van der Waals surface area contributed by atoms with Crippen molar-refractivity contribution in [2.45, 2.75) is 0 Å². The van der Waals surface area contributed by atoms with Crippen LogP contribution in [0.15, 0.2) is 12.1 Å². The molecular weight excluding hydrogens is 206 g/mol. The summed E-state index contributed by atoms with van der Waals surface area (Å²) in [5.74, 6) is -0.753. The molecule has 1 heterocycles. The Morgan fingerprint density at radius 2 is 2.36 bits per heavy atom. The van der Waals surface area contributed by atoms with Crippen molar-refractivity contribution >= 4 is 23.8 Å². The summed E-state index contributed by atoms with van der Waals surface area (Å²) in [7, 11) is 0. The number of aldehydes is 1. The van der Waals surface area contributed by atoms with E-state index in [0.717, 1.165) is 0 Å². The van der Waals surface area contributed by atoms with Crippen molar-refractivity contribution in [1.29, 1.82) is 5.26 Å². The van der Waals surface area contributed by atoms with Gasteiger partial charge in [-0.2, -0.15) is 5.26 Å². The van der Waals surface area contributed by atoms with Crippen molar-refractivity contribution < 1.29 is 9.59 Å². The highest BCUT2D eigenvalue weighted by Crippen LogP contribution is 2.09. The van der Waals surface area contributed by atoms with Crippen LogP contribution in [-0.2, 0) is 0 Å². The highest BCUT2D eigenvalue weighted by atomic mass is 35.5. The summed E-state index contributed by atoms with van der Waals surface area (Å²) in [6, 6.07) is 2.74. The summed E-state index contributed by atoms with van der Waals surface area (Å²) in [5.41, 5.74) is -0.0730. The molecule has 6 heteroatoms. The number of rotatable bonds is 2. The Hall–Kier alpha value is -1.93. The van der Waals surface area contributed by atoms with Gasteiger partial charge in [-0.15, -0.1) is 0 Å². The van der Waals surface area contributed by atoms with Crippen molar-refractivity contribution in [3.8, 4) is 6.19 Å². The van der Waals surface area contributed by atoms with Gasteiger partial charge >= 0.3 is 0 Å². The first-order chi connectivity index (χ1) is 6.69. The fourth-order valence-electron chi connectivity index (χ4n) is 0.833. The zero-order valence-electron chi connectivity index (χ0n) is 6.82. The van der Waals surface area contributed by atoms with E-state index in [1.807, 2.05) is 5.32 Å². The van der Waals surface area contributed by atoms with Gasteiger partial charge in [0, 0.05) is 5.56 Å². The van der Waals surface area contributed by atoms with E-state index in [1.165, 1.54) is 18.3 Å². The molecule has 70 valence electrons. The highest BCUT2D eigenvalue weighted by molar-refractivity contribution is 6.29. The molecule has 1 N–H and O–H groups in total. The van der Waals surface area contributed by atoms with Crippen molar-refractivity contribution in [3.05, 3.63) is 28.5 Å². The van der Waals surface area contributed by atoms with Gasteiger partial charge in [0.25, 0.3) is 5.91 Å². The third-order valence-corrected chi connectivity index (χ3v) is 1.61. The predicted octanol–water partition coefficient (Wildman–Crippen LogP) is 0.758. The first-order valence-electron chi connectivity index (χ1n) is 3.50. The maximum atomic E-state index is 11.2. The van der Waals surface area contributed by atoms with Gasteiger partial charge in [0.2, 0.25) is 0 Å². The summed E-state index contributed by atoms with van der Waals surface area (Å²) >= 11 is 5.53. The van der Waals surface area contributed by atoms with Crippen molar-refractivity contribution in [2.24, 2.45) is 0 Å². The molecule has 0 aliphatic carbocycles. The Kier molecular flexibility index (Phi) is 3.15. The molecular formula is C8H4ClN3O2. The number of hydrogen-bond donors (Lipinski definition) is 1. The number of pyridine rings is 1. The minimum atomic E-state index is -0.753. The number of carbonyl (C=O) groups excluding carboxylic acids is 2. The number of nitrogens with zero attached hydrogens (tertiary/aromatic N) is 2. The standard InChI is InChI=1S/C8H4ClN3O2/c9-6-2-1-5(3-13)7(12-6)8(14)11-4-10/h1-3H,(H,11,14). The second-order valence-corrected chi connectivity index (χ2v) is 2.64. The molecule has 0 fully saturated rings. The molecule has 1 aromatic heterocycles. The van der Waals surface area contributed by atoms with E-state index in [2.05, 4.69) is 4.98 Å². The Labute approximate surface area is 84.3 Å². The molecule has 0 aliphatic heterocycles. The van der Waals surface area contributed by atoms with Crippen LogP contribution in [0, 0.1) is 11.5 Å². The van der Waals surface area contributed by atoms with Crippen LogP contribution in [0.2, 0.25) is 5.15 Å². The number of amides is 1. The minimum absolute atomic E-state index is 0.0821. The second-order valence-electron chi connectivity index (χ2n) is 2.26. The first kappa shape index (κ1) is 10.2. The van der Waals surface area contributed by atoms with E-state index in [1.54, 1.807) is 0 Å². The van der Waals surface area contributed by atoms with Crippen LogP contribution in [0.4, 0.5) is 0 Å². The van der Waals surface area contributed by atoms with Crippen LogP contribution >= 0.6 is 11.6 Å². The summed E-state index contributed by atoms with van der Waals surface area (Å²) in [5, 5.41) is 10.1. The normalized spacial score (nSPS) is 8.86. The molecule has 0 bridgehead atoms. The fourth-order valence-corrected chi connectivity index (χ4v) is 0.981. The molecule has 0 aromatic carbocycles. The predicted molar refractivity (Wildman–Crippen MR) is 47.7 cm³/mol. The van der Waals surface area contributed by atoms with E-state index in [4.69, 9.17) is 16.9 Å². The van der Waals surface area contributed by atoms with Gasteiger partial charge in [-0.3, -0.25) is 14.9 Å². The lowest BCUT2D eigenvalue weighted by Crippen LogP contribution is -2.20.